The fraction of sp³-hybridized carbons (Fsp3) is 0.200. The number of aromatic hydroxyl groups is 1. The molecular weight excluding hydrogens is 341 g/mol. The molecule has 0 saturated carbocycles. The van der Waals surface area contributed by atoms with Crippen molar-refractivity contribution in [1.29, 1.82) is 0 Å². The summed E-state index contributed by atoms with van der Waals surface area (Å²) in [4.78, 5) is 0. The van der Waals surface area contributed by atoms with Crippen LogP contribution in [0.5, 0.6) is 17.2 Å². The SMILES string of the molecule is Oc1ccc(NCc2cc(Br)c3c(c2)OCCO3)cc1F. The van der Waals surface area contributed by atoms with Crippen LogP contribution in [0.15, 0.2) is 34.8 Å². The standard InChI is InChI=1S/C15H13BrFNO3/c16-11-5-9(6-14-15(11)21-4-3-20-14)8-18-10-1-2-13(19)12(17)7-10/h1-2,5-7,18-19H,3-4,8H2. The summed E-state index contributed by atoms with van der Waals surface area (Å²) in [5.74, 6) is 0.399. The summed E-state index contributed by atoms with van der Waals surface area (Å²) in [6, 6.07) is 8.01. The number of phenols is 1. The van der Waals surface area contributed by atoms with E-state index in [0.29, 0.717) is 36.9 Å². The number of rotatable bonds is 3. The van der Waals surface area contributed by atoms with E-state index in [2.05, 4.69) is 21.2 Å². The van der Waals surface area contributed by atoms with E-state index < -0.39 is 5.82 Å². The maximum Gasteiger partial charge on any atom is 0.175 e. The highest BCUT2D eigenvalue weighted by Crippen LogP contribution is 2.38. The van der Waals surface area contributed by atoms with Crippen molar-refractivity contribution in [1.82, 2.24) is 0 Å². The summed E-state index contributed by atoms with van der Waals surface area (Å²) in [6.45, 7) is 1.56. The van der Waals surface area contributed by atoms with Crippen LogP contribution in [0.3, 0.4) is 0 Å². The van der Waals surface area contributed by atoms with Gasteiger partial charge in [-0.1, -0.05) is 0 Å². The van der Waals surface area contributed by atoms with Crippen LogP contribution in [-0.2, 0) is 6.54 Å². The van der Waals surface area contributed by atoms with Crippen LogP contribution in [0.4, 0.5) is 10.1 Å². The first kappa shape index (κ1) is 14.0. The summed E-state index contributed by atoms with van der Waals surface area (Å²) >= 11 is 3.45. The van der Waals surface area contributed by atoms with Gasteiger partial charge in [0, 0.05) is 18.3 Å². The monoisotopic (exact) mass is 353 g/mol. The number of nitrogens with one attached hydrogen (secondary N) is 1. The molecule has 0 aromatic heterocycles. The van der Waals surface area contributed by atoms with E-state index in [-0.39, 0.29) is 5.75 Å². The highest BCUT2D eigenvalue weighted by molar-refractivity contribution is 9.10. The third-order valence-corrected chi connectivity index (χ3v) is 3.69. The van der Waals surface area contributed by atoms with E-state index in [1.165, 1.54) is 12.1 Å². The normalized spacial score (nSPS) is 13.0. The third kappa shape index (κ3) is 3.05. The van der Waals surface area contributed by atoms with Crippen molar-refractivity contribution in [2.75, 3.05) is 18.5 Å². The van der Waals surface area contributed by atoms with Crippen LogP contribution >= 0.6 is 15.9 Å². The van der Waals surface area contributed by atoms with Gasteiger partial charge >= 0.3 is 0 Å². The van der Waals surface area contributed by atoms with E-state index in [1.807, 2.05) is 12.1 Å². The van der Waals surface area contributed by atoms with Crippen LogP contribution in [-0.4, -0.2) is 18.3 Å². The maximum atomic E-state index is 13.3. The predicted octanol–water partition coefficient (Wildman–Crippen LogP) is 3.68. The van der Waals surface area contributed by atoms with Crippen molar-refractivity contribution >= 4 is 21.6 Å². The number of benzene rings is 2. The molecule has 1 aliphatic heterocycles. The fourth-order valence-corrected chi connectivity index (χ4v) is 2.69. The first-order chi connectivity index (χ1) is 10.1. The topological polar surface area (TPSA) is 50.7 Å². The van der Waals surface area contributed by atoms with Gasteiger partial charge in [0.1, 0.15) is 13.2 Å². The Morgan fingerprint density at radius 2 is 2.00 bits per heavy atom. The molecule has 0 bridgehead atoms. The highest BCUT2D eigenvalue weighted by atomic mass is 79.9. The van der Waals surface area contributed by atoms with Crippen LogP contribution in [0.25, 0.3) is 0 Å². The molecule has 4 nitrogen and oxygen atoms in total. The number of phenolic OH excluding ortho intramolecular Hbond substituents is 1. The van der Waals surface area contributed by atoms with Crippen molar-refractivity contribution in [2.24, 2.45) is 0 Å². The van der Waals surface area contributed by atoms with E-state index >= 15 is 0 Å². The third-order valence-electron chi connectivity index (χ3n) is 3.10. The van der Waals surface area contributed by atoms with Gasteiger partial charge in [0.05, 0.1) is 4.47 Å². The van der Waals surface area contributed by atoms with Crippen LogP contribution in [0, 0.1) is 5.82 Å². The van der Waals surface area contributed by atoms with Crippen molar-refractivity contribution in [2.45, 2.75) is 6.54 Å². The van der Waals surface area contributed by atoms with Gasteiger partial charge in [0.25, 0.3) is 0 Å². The summed E-state index contributed by atoms with van der Waals surface area (Å²) in [5, 5.41) is 12.3. The highest BCUT2D eigenvalue weighted by Gasteiger charge is 2.16. The Balaban J connectivity index is 1.76. The van der Waals surface area contributed by atoms with Gasteiger partial charge in [-0.15, -0.1) is 0 Å². The van der Waals surface area contributed by atoms with Crippen molar-refractivity contribution < 1.29 is 19.0 Å². The molecule has 0 saturated heterocycles. The molecule has 2 aromatic rings. The van der Waals surface area contributed by atoms with Gasteiger partial charge in [0.15, 0.2) is 23.1 Å². The second-order valence-corrected chi connectivity index (χ2v) is 5.48. The quantitative estimate of drug-likeness (QED) is 0.826. The molecule has 0 amide bonds. The van der Waals surface area contributed by atoms with E-state index in [4.69, 9.17) is 14.6 Å². The van der Waals surface area contributed by atoms with E-state index in [1.54, 1.807) is 6.07 Å². The largest absolute Gasteiger partial charge is 0.505 e. The van der Waals surface area contributed by atoms with Gasteiger partial charge < -0.3 is 19.9 Å². The van der Waals surface area contributed by atoms with Gasteiger partial charge in [0.2, 0.25) is 0 Å². The molecule has 1 heterocycles. The Labute approximate surface area is 129 Å². The molecule has 1 aliphatic rings. The van der Waals surface area contributed by atoms with Crippen molar-refractivity contribution in [3.63, 3.8) is 0 Å². The van der Waals surface area contributed by atoms with Crippen LogP contribution in [0.2, 0.25) is 0 Å². The lowest BCUT2D eigenvalue weighted by Crippen LogP contribution is -2.16. The number of ether oxygens (including phenoxy) is 2. The van der Waals surface area contributed by atoms with Crippen LogP contribution < -0.4 is 14.8 Å². The Bertz CT molecular complexity index is 678. The van der Waals surface area contributed by atoms with Crippen molar-refractivity contribution in [3.8, 4) is 17.2 Å². The first-order valence-electron chi connectivity index (χ1n) is 6.44. The van der Waals surface area contributed by atoms with E-state index in [0.717, 1.165) is 10.0 Å². The van der Waals surface area contributed by atoms with Crippen molar-refractivity contribution in [3.05, 3.63) is 46.2 Å². The molecule has 0 radical (unpaired) electrons. The lowest BCUT2D eigenvalue weighted by atomic mass is 10.2. The average molecular weight is 354 g/mol. The number of anilines is 1. The predicted molar refractivity (Wildman–Crippen MR) is 80.5 cm³/mol. The average Bonchev–Trinajstić information content (AvgIpc) is 2.49. The molecular formula is C15H13BrFNO3. The molecule has 2 aromatic carbocycles. The zero-order valence-electron chi connectivity index (χ0n) is 11.0. The minimum absolute atomic E-state index is 0.359. The first-order valence-corrected chi connectivity index (χ1v) is 7.23. The summed E-state index contributed by atoms with van der Waals surface area (Å²) < 4.78 is 25.2. The van der Waals surface area contributed by atoms with Gasteiger partial charge in [-0.2, -0.15) is 0 Å². The Morgan fingerprint density at radius 1 is 1.19 bits per heavy atom. The Morgan fingerprint density at radius 3 is 2.81 bits per heavy atom. The fourth-order valence-electron chi connectivity index (χ4n) is 2.09. The molecule has 0 unspecified atom stereocenters. The number of hydrogen-bond donors (Lipinski definition) is 2. The molecule has 6 heteroatoms. The van der Waals surface area contributed by atoms with Gasteiger partial charge in [-0.25, -0.2) is 4.39 Å². The zero-order valence-corrected chi connectivity index (χ0v) is 12.6. The van der Waals surface area contributed by atoms with Crippen LogP contribution in [0.1, 0.15) is 5.56 Å². The minimum atomic E-state index is -0.650. The Kier molecular flexibility index (Phi) is 3.88. The summed E-state index contributed by atoms with van der Waals surface area (Å²) in [5.41, 5.74) is 1.57. The lowest BCUT2D eigenvalue weighted by Gasteiger charge is -2.20. The smallest absolute Gasteiger partial charge is 0.175 e. The maximum absolute atomic E-state index is 13.3. The minimum Gasteiger partial charge on any atom is -0.505 e. The molecule has 0 fully saturated rings. The molecule has 21 heavy (non-hydrogen) atoms. The number of hydrogen-bond acceptors (Lipinski definition) is 4. The van der Waals surface area contributed by atoms with Gasteiger partial charge in [-0.3, -0.25) is 0 Å². The van der Waals surface area contributed by atoms with E-state index in [9.17, 15) is 4.39 Å². The molecule has 0 atom stereocenters. The molecule has 0 aliphatic carbocycles. The summed E-state index contributed by atoms with van der Waals surface area (Å²) in [7, 11) is 0. The number of halogens is 2. The summed E-state index contributed by atoms with van der Waals surface area (Å²) in [6.07, 6.45) is 0. The second kappa shape index (κ2) is 5.81. The zero-order chi connectivity index (χ0) is 14.8. The molecule has 110 valence electrons. The molecule has 0 spiro atoms. The van der Waals surface area contributed by atoms with Gasteiger partial charge in [-0.05, 0) is 45.8 Å². The molecule has 3 rings (SSSR count). The second-order valence-electron chi connectivity index (χ2n) is 4.62. The molecule has 2 N–H and O–H groups in total. The Hall–Kier alpha value is -1.95. The number of fused-ring (bicyclic) bond motifs is 1. The lowest BCUT2D eigenvalue weighted by molar-refractivity contribution is 0.170.